The van der Waals surface area contributed by atoms with Crippen LogP contribution in [0.4, 0.5) is 0 Å². The van der Waals surface area contributed by atoms with E-state index in [2.05, 4.69) is 28.6 Å². The molecule has 17 heavy (non-hydrogen) atoms. The third kappa shape index (κ3) is 2.49. The van der Waals surface area contributed by atoms with Crippen LogP contribution in [-0.2, 0) is 11.2 Å². The summed E-state index contributed by atoms with van der Waals surface area (Å²) in [6, 6.07) is 0. The first kappa shape index (κ1) is 12.1. The third-order valence-electron chi connectivity index (χ3n) is 2.76. The predicted octanol–water partition coefficient (Wildman–Crippen LogP) is 2.93. The van der Waals surface area contributed by atoms with Gasteiger partial charge in [-0.3, -0.25) is 9.20 Å². The Morgan fingerprint density at radius 3 is 3.00 bits per heavy atom. The molecule has 0 saturated heterocycles. The van der Waals surface area contributed by atoms with Crippen molar-refractivity contribution >= 4 is 22.3 Å². The summed E-state index contributed by atoms with van der Waals surface area (Å²) in [6.45, 7) is 4.28. The molecule has 0 aliphatic heterocycles. The monoisotopic (exact) mass is 252 g/mol. The molecule has 2 aromatic rings. The third-order valence-corrected chi connectivity index (χ3v) is 3.65. The summed E-state index contributed by atoms with van der Waals surface area (Å²) < 4.78 is 2.16. The summed E-state index contributed by atoms with van der Waals surface area (Å²) in [5.74, 6) is -0.302. The van der Waals surface area contributed by atoms with E-state index in [1.807, 2.05) is 6.20 Å². The lowest BCUT2D eigenvalue weighted by Crippen LogP contribution is -2.01. The largest absolute Gasteiger partial charge is 0.481 e. The quantitative estimate of drug-likeness (QED) is 0.890. The van der Waals surface area contributed by atoms with Crippen molar-refractivity contribution in [1.82, 2.24) is 9.38 Å². The van der Waals surface area contributed by atoms with Gasteiger partial charge < -0.3 is 5.11 Å². The molecule has 5 heteroatoms. The Hall–Kier alpha value is -1.36. The molecule has 0 fully saturated rings. The Morgan fingerprint density at radius 2 is 2.35 bits per heavy atom. The van der Waals surface area contributed by atoms with Crippen molar-refractivity contribution in [2.75, 3.05) is 0 Å². The van der Waals surface area contributed by atoms with Crippen LogP contribution in [0.15, 0.2) is 11.6 Å². The van der Waals surface area contributed by atoms with Crippen molar-refractivity contribution in [2.45, 2.75) is 39.0 Å². The molecule has 2 rings (SSSR count). The Bertz CT molecular complexity index is 528. The number of rotatable bonds is 5. The van der Waals surface area contributed by atoms with Crippen molar-refractivity contribution in [3.63, 3.8) is 0 Å². The van der Waals surface area contributed by atoms with Gasteiger partial charge in [-0.2, -0.15) is 0 Å². The van der Waals surface area contributed by atoms with Gasteiger partial charge in [0.2, 0.25) is 0 Å². The minimum absolute atomic E-state index is 0.225. The first-order chi connectivity index (χ1) is 8.09. The average molecular weight is 252 g/mol. The molecule has 1 N–H and O–H groups in total. The SMILES string of the molecule is CC(C)c1cnc2scc(CCCC(=O)O)n12. The van der Waals surface area contributed by atoms with Crippen LogP contribution in [-0.4, -0.2) is 20.5 Å². The summed E-state index contributed by atoms with van der Waals surface area (Å²) in [5.41, 5.74) is 2.37. The fourth-order valence-corrected chi connectivity index (χ4v) is 2.80. The Balaban J connectivity index is 2.21. The molecule has 0 unspecified atom stereocenters. The van der Waals surface area contributed by atoms with Gasteiger partial charge in [-0.05, 0) is 18.8 Å². The van der Waals surface area contributed by atoms with Crippen LogP contribution in [0.1, 0.15) is 44.0 Å². The smallest absolute Gasteiger partial charge is 0.303 e. The number of carbonyl (C=O) groups is 1. The maximum atomic E-state index is 10.5. The summed E-state index contributed by atoms with van der Waals surface area (Å²) >= 11 is 1.62. The number of hydrogen-bond acceptors (Lipinski definition) is 3. The first-order valence-electron chi connectivity index (χ1n) is 5.75. The topological polar surface area (TPSA) is 54.6 Å². The van der Waals surface area contributed by atoms with Crippen LogP contribution in [0, 0.1) is 0 Å². The van der Waals surface area contributed by atoms with Gasteiger partial charge in [0.25, 0.3) is 0 Å². The number of hydrogen-bond donors (Lipinski definition) is 1. The van der Waals surface area contributed by atoms with Crippen LogP contribution in [0.5, 0.6) is 0 Å². The number of fused-ring (bicyclic) bond motifs is 1. The van der Waals surface area contributed by atoms with E-state index in [4.69, 9.17) is 5.11 Å². The van der Waals surface area contributed by atoms with Gasteiger partial charge in [-0.15, -0.1) is 11.3 Å². The van der Waals surface area contributed by atoms with Gasteiger partial charge >= 0.3 is 5.97 Å². The van der Waals surface area contributed by atoms with Crippen LogP contribution in [0.2, 0.25) is 0 Å². The van der Waals surface area contributed by atoms with E-state index in [1.54, 1.807) is 11.3 Å². The zero-order valence-corrected chi connectivity index (χ0v) is 10.8. The highest BCUT2D eigenvalue weighted by molar-refractivity contribution is 7.15. The lowest BCUT2D eigenvalue weighted by Gasteiger charge is -2.06. The molecular weight excluding hydrogens is 236 g/mol. The standard InChI is InChI=1S/C12H16N2O2S/c1-8(2)10-6-13-12-14(10)9(7-17-12)4-3-5-11(15)16/h6-8H,3-5H2,1-2H3,(H,15,16). The summed E-state index contributed by atoms with van der Waals surface area (Å²) in [7, 11) is 0. The van der Waals surface area contributed by atoms with E-state index >= 15 is 0 Å². The van der Waals surface area contributed by atoms with Crippen molar-refractivity contribution in [1.29, 1.82) is 0 Å². The number of imidazole rings is 1. The molecule has 0 atom stereocenters. The van der Waals surface area contributed by atoms with Crippen LogP contribution in [0.25, 0.3) is 4.96 Å². The number of carboxylic acids is 1. The van der Waals surface area contributed by atoms with Gasteiger partial charge in [-0.25, -0.2) is 4.98 Å². The van der Waals surface area contributed by atoms with Gasteiger partial charge in [0, 0.05) is 23.2 Å². The lowest BCUT2D eigenvalue weighted by molar-refractivity contribution is -0.137. The maximum absolute atomic E-state index is 10.5. The van der Waals surface area contributed by atoms with E-state index in [-0.39, 0.29) is 6.42 Å². The summed E-state index contributed by atoms with van der Waals surface area (Å²) in [4.78, 5) is 15.9. The normalized spacial score (nSPS) is 11.5. The molecular formula is C12H16N2O2S. The van der Waals surface area contributed by atoms with Crippen molar-refractivity contribution in [3.8, 4) is 0 Å². The second kappa shape index (κ2) is 4.87. The first-order valence-corrected chi connectivity index (χ1v) is 6.63. The number of thiazole rings is 1. The average Bonchev–Trinajstić information content (AvgIpc) is 2.79. The van der Waals surface area contributed by atoms with E-state index in [9.17, 15) is 4.79 Å². The molecule has 0 saturated carbocycles. The van der Waals surface area contributed by atoms with Crippen LogP contribution < -0.4 is 0 Å². The number of nitrogens with zero attached hydrogens (tertiary/aromatic N) is 2. The highest BCUT2D eigenvalue weighted by Crippen LogP contribution is 2.23. The minimum atomic E-state index is -0.730. The van der Waals surface area contributed by atoms with Crippen molar-refractivity contribution in [2.24, 2.45) is 0 Å². The van der Waals surface area contributed by atoms with E-state index in [0.29, 0.717) is 12.3 Å². The molecule has 4 nitrogen and oxygen atoms in total. The van der Waals surface area contributed by atoms with Gasteiger partial charge in [0.1, 0.15) is 0 Å². The van der Waals surface area contributed by atoms with Crippen molar-refractivity contribution < 1.29 is 9.90 Å². The predicted molar refractivity (Wildman–Crippen MR) is 67.7 cm³/mol. The molecule has 0 amide bonds. The fraction of sp³-hybridized carbons (Fsp3) is 0.500. The zero-order valence-electron chi connectivity index (χ0n) is 10.0. The number of carboxylic acid groups (broad SMARTS) is 1. The number of aromatic nitrogens is 2. The van der Waals surface area contributed by atoms with Crippen LogP contribution in [0.3, 0.4) is 0 Å². The fourth-order valence-electron chi connectivity index (χ4n) is 1.89. The summed E-state index contributed by atoms with van der Waals surface area (Å²) in [5, 5.41) is 10.7. The molecule has 0 radical (unpaired) electrons. The molecule has 0 aromatic carbocycles. The minimum Gasteiger partial charge on any atom is -0.481 e. The molecule has 2 heterocycles. The highest BCUT2D eigenvalue weighted by Gasteiger charge is 2.12. The van der Waals surface area contributed by atoms with E-state index in [0.717, 1.165) is 11.4 Å². The van der Waals surface area contributed by atoms with Gasteiger partial charge in [0.15, 0.2) is 4.96 Å². The molecule has 0 bridgehead atoms. The molecule has 0 aliphatic carbocycles. The summed E-state index contributed by atoms with van der Waals surface area (Å²) in [6.07, 6.45) is 3.61. The maximum Gasteiger partial charge on any atom is 0.303 e. The zero-order chi connectivity index (χ0) is 12.4. The second-order valence-corrected chi connectivity index (χ2v) is 5.27. The lowest BCUT2D eigenvalue weighted by atomic mass is 10.1. The number of aliphatic carboxylic acids is 1. The highest BCUT2D eigenvalue weighted by atomic mass is 32.1. The molecule has 0 aliphatic rings. The van der Waals surface area contributed by atoms with Crippen molar-refractivity contribution in [3.05, 3.63) is 23.0 Å². The van der Waals surface area contributed by atoms with Gasteiger partial charge in [-0.1, -0.05) is 13.8 Å². The van der Waals surface area contributed by atoms with E-state index < -0.39 is 5.97 Å². The van der Waals surface area contributed by atoms with E-state index in [1.165, 1.54) is 11.4 Å². The Morgan fingerprint density at radius 1 is 1.59 bits per heavy atom. The second-order valence-electron chi connectivity index (χ2n) is 4.43. The van der Waals surface area contributed by atoms with Gasteiger partial charge in [0.05, 0.1) is 6.20 Å². The Kier molecular flexibility index (Phi) is 3.47. The molecule has 0 spiro atoms. The Labute approximate surface area is 104 Å². The molecule has 92 valence electrons. The number of aryl methyl sites for hydroxylation is 1. The van der Waals surface area contributed by atoms with Crippen LogP contribution >= 0.6 is 11.3 Å². The molecule has 2 aromatic heterocycles.